The van der Waals surface area contributed by atoms with Gasteiger partial charge in [0.15, 0.2) is 0 Å². The minimum Gasteiger partial charge on any atom is -0.293 e. The van der Waals surface area contributed by atoms with Crippen molar-refractivity contribution in [3.63, 3.8) is 0 Å². The summed E-state index contributed by atoms with van der Waals surface area (Å²) in [7, 11) is 0. The second kappa shape index (κ2) is 4.68. The summed E-state index contributed by atoms with van der Waals surface area (Å²) in [4.78, 5) is 17.4. The Morgan fingerprint density at radius 2 is 1.17 bits per heavy atom. The Bertz CT molecular complexity index is 549. The number of nitrogens with zero attached hydrogens (tertiary/aromatic N) is 4. The number of hydrogen-bond donors (Lipinski definition) is 1. The van der Waals surface area contributed by atoms with Crippen molar-refractivity contribution in [2.45, 2.75) is 34.6 Å². The van der Waals surface area contributed by atoms with Crippen molar-refractivity contribution >= 4 is 11.9 Å². The topological polar surface area (TPSA) is 63.6 Å². The molecular formula is C13H17N5. The van der Waals surface area contributed by atoms with Crippen LogP contribution in [-0.2, 0) is 0 Å². The van der Waals surface area contributed by atoms with Crippen LogP contribution < -0.4 is 5.32 Å². The van der Waals surface area contributed by atoms with Gasteiger partial charge in [0.2, 0.25) is 11.9 Å². The summed E-state index contributed by atoms with van der Waals surface area (Å²) < 4.78 is 0. The van der Waals surface area contributed by atoms with Crippen LogP contribution in [0.15, 0.2) is 6.07 Å². The van der Waals surface area contributed by atoms with Crippen LogP contribution in [0.1, 0.15) is 28.3 Å². The van der Waals surface area contributed by atoms with Gasteiger partial charge in [-0.2, -0.15) is 0 Å². The SMILES string of the molecule is Cc1cc(C)nc(Nc2nc(C)c(C)c(C)n2)n1. The Labute approximate surface area is 107 Å². The average Bonchev–Trinajstić information content (AvgIpc) is 2.24. The largest absolute Gasteiger partial charge is 0.293 e. The highest BCUT2D eigenvalue weighted by atomic mass is 15.2. The van der Waals surface area contributed by atoms with E-state index in [2.05, 4.69) is 25.3 Å². The van der Waals surface area contributed by atoms with E-state index < -0.39 is 0 Å². The van der Waals surface area contributed by atoms with Gasteiger partial charge in [-0.25, -0.2) is 19.9 Å². The highest BCUT2D eigenvalue weighted by molar-refractivity contribution is 5.44. The summed E-state index contributed by atoms with van der Waals surface area (Å²) in [6.07, 6.45) is 0. The first-order chi connectivity index (χ1) is 8.45. The fourth-order valence-corrected chi connectivity index (χ4v) is 1.71. The van der Waals surface area contributed by atoms with E-state index in [0.717, 1.165) is 28.3 Å². The molecule has 0 atom stereocenters. The van der Waals surface area contributed by atoms with Crippen molar-refractivity contribution in [3.05, 3.63) is 34.4 Å². The molecule has 5 nitrogen and oxygen atoms in total. The minimum atomic E-state index is 0.537. The minimum absolute atomic E-state index is 0.537. The maximum absolute atomic E-state index is 4.39. The molecule has 94 valence electrons. The van der Waals surface area contributed by atoms with E-state index in [9.17, 15) is 0 Å². The van der Waals surface area contributed by atoms with Gasteiger partial charge in [-0.3, -0.25) is 5.32 Å². The van der Waals surface area contributed by atoms with E-state index in [1.165, 1.54) is 0 Å². The number of hydrogen-bond acceptors (Lipinski definition) is 5. The first-order valence-electron chi connectivity index (χ1n) is 5.87. The third kappa shape index (κ3) is 2.61. The molecular weight excluding hydrogens is 226 g/mol. The van der Waals surface area contributed by atoms with Crippen molar-refractivity contribution < 1.29 is 0 Å². The van der Waals surface area contributed by atoms with Crippen molar-refractivity contribution in [2.75, 3.05) is 5.32 Å². The Morgan fingerprint density at radius 1 is 0.722 bits per heavy atom. The Hall–Kier alpha value is -2.04. The highest BCUT2D eigenvalue weighted by Crippen LogP contribution is 2.14. The molecule has 18 heavy (non-hydrogen) atoms. The van der Waals surface area contributed by atoms with E-state index in [1.54, 1.807) is 0 Å². The molecule has 0 aliphatic heterocycles. The van der Waals surface area contributed by atoms with Crippen LogP contribution in [-0.4, -0.2) is 19.9 Å². The van der Waals surface area contributed by atoms with Crippen LogP contribution in [0.2, 0.25) is 0 Å². The fraction of sp³-hybridized carbons (Fsp3) is 0.385. The third-order valence-corrected chi connectivity index (χ3v) is 2.84. The van der Waals surface area contributed by atoms with Crippen LogP contribution in [0, 0.1) is 34.6 Å². The molecule has 2 aromatic rings. The van der Waals surface area contributed by atoms with Crippen LogP contribution in [0.3, 0.4) is 0 Å². The van der Waals surface area contributed by atoms with Crippen LogP contribution in [0.25, 0.3) is 0 Å². The molecule has 0 amide bonds. The van der Waals surface area contributed by atoms with Gasteiger partial charge in [0.1, 0.15) is 0 Å². The van der Waals surface area contributed by atoms with Gasteiger partial charge in [0, 0.05) is 22.8 Å². The lowest BCUT2D eigenvalue weighted by molar-refractivity contribution is 0.994. The molecule has 0 aliphatic carbocycles. The van der Waals surface area contributed by atoms with Crippen molar-refractivity contribution in [2.24, 2.45) is 0 Å². The Balaban J connectivity index is 2.34. The predicted molar refractivity (Wildman–Crippen MR) is 71.0 cm³/mol. The standard InChI is InChI=1S/C13H17N5/c1-7-6-8(2)15-12(14-7)18-13-16-10(4)9(3)11(5)17-13/h6H,1-5H3,(H,14,15,16,17,18). The predicted octanol–water partition coefficient (Wildman–Crippen LogP) is 2.55. The number of aromatic nitrogens is 4. The van der Waals surface area contributed by atoms with E-state index in [-0.39, 0.29) is 0 Å². The van der Waals surface area contributed by atoms with Gasteiger partial charge in [-0.15, -0.1) is 0 Å². The molecule has 0 fully saturated rings. The summed E-state index contributed by atoms with van der Waals surface area (Å²) in [6, 6.07) is 1.93. The normalized spacial score (nSPS) is 10.5. The zero-order valence-corrected chi connectivity index (χ0v) is 11.4. The molecule has 5 heteroatoms. The zero-order valence-electron chi connectivity index (χ0n) is 11.4. The maximum atomic E-state index is 4.39. The third-order valence-electron chi connectivity index (χ3n) is 2.84. The molecule has 0 bridgehead atoms. The summed E-state index contributed by atoms with van der Waals surface area (Å²) in [5.41, 5.74) is 4.89. The number of aryl methyl sites for hydroxylation is 4. The van der Waals surface area contributed by atoms with E-state index in [0.29, 0.717) is 11.9 Å². The molecule has 0 radical (unpaired) electrons. The maximum Gasteiger partial charge on any atom is 0.230 e. The molecule has 2 heterocycles. The Kier molecular flexibility index (Phi) is 3.23. The fourth-order valence-electron chi connectivity index (χ4n) is 1.71. The van der Waals surface area contributed by atoms with Crippen molar-refractivity contribution in [1.29, 1.82) is 0 Å². The number of nitrogens with one attached hydrogen (secondary N) is 1. The summed E-state index contributed by atoms with van der Waals surface area (Å²) in [5.74, 6) is 1.08. The van der Waals surface area contributed by atoms with Crippen LogP contribution in [0.4, 0.5) is 11.9 Å². The summed E-state index contributed by atoms with van der Waals surface area (Å²) in [5, 5.41) is 3.05. The second-order valence-electron chi connectivity index (χ2n) is 4.44. The zero-order chi connectivity index (χ0) is 13.3. The van der Waals surface area contributed by atoms with E-state index in [1.807, 2.05) is 40.7 Å². The lowest BCUT2D eigenvalue weighted by Crippen LogP contribution is -2.06. The number of rotatable bonds is 2. The van der Waals surface area contributed by atoms with Gasteiger partial charge in [-0.1, -0.05) is 0 Å². The van der Waals surface area contributed by atoms with Gasteiger partial charge >= 0.3 is 0 Å². The average molecular weight is 243 g/mol. The van der Waals surface area contributed by atoms with Crippen LogP contribution in [0.5, 0.6) is 0 Å². The monoisotopic (exact) mass is 243 g/mol. The smallest absolute Gasteiger partial charge is 0.230 e. The lowest BCUT2D eigenvalue weighted by atomic mass is 10.2. The van der Waals surface area contributed by atoms with Gasteiger partial charge in [-0.05, 0) is 46.2 Å². The first-order valence-corrected chi connectivity index (χ1v) is 5.87. The molecule has 0 unspecified atom stereocenters. The quantitative estimate of drug-likeness (QED) is 0.878. The van der Waals surface area contributed by atoms with E-state index in [4.69, 9.17) is 0 Å². The number of anilines is 2. The lowest BCUT2D eigenvalue weighted by Gasteiger charge is -2.08. The molecule has 2 aromatic heterocycles. The van der Waals surface area contributed by atoms with Gasteiger partial charge in [0.25, 0.3) is 0 Å². The highest BCUT2D eigenvalue weighted by Gasteiger charge is 2.06. The van der Waals surface area contributed by atoms with Gasteiger partial charge < -0.3 is 0 Å². The van der Waals surface area contributed by atoms with Gasteiger partial charge in [0.05, 0.1) is 0 Å². The van der Waals surface area contributed by atoms with Crippen LogP contribution >= 0.6 is 0 Å². The van der Waals surface area contributed by atoms with Crippen molar-refractivity contribution in [3.8, 4) is 0 Å². The molecule has 0 aliphatic rings. The Morgan fingerprint density at radius 3 is 1.67 bits per heavy atom. The summed E-state index contributed by atoms with van der Waals surface area (Å²) in [6.45, 7) is 9.83. The molecule has 0 saturated carbocycles. The molecule has 0 spiro atoms. The second-order valence-corrected chi connectivity index (χ2v) is 4.44. The molecule has 0 saturated heterocycles. The molecule has 0 aromatic carbocycles. The molecule has 2 rings (SSSR count). The molecule has 1 N–H and O–H groups in total. The van der Waals surface area contributed by atoms with Crippen molar-refractivity contribution in [1.82, 2.24) is 19.9 Å². The summed E-state index contributed by atoms with van der Waals surface area (Å²) >= 11 is 0. The van der Waals surface area contributed by atoms with E-state index >= 15 is 0 Å². The first kappa shape index (κ1) is 12.4.